The number of imidazole rings is 1. The van der Waals surface area contributed by atoms with E-state index in [0.717, 1.165) is 28.0 Å². The number of rotatable bonds is 9. The molecule has 0 bridgehead atoms. The summed E-state index contributed by atoms with van der Waals surface area (Å²) in [6.07, 6.45) is 3.02. The standard InChI is InChI=1S/C27H29F2N5O4S/c1-37-18-26-31-22-9-7-19(15-23(22)34(26)17-21-5-3-4-6-24(21)38-27(28)29)20-8-10-25(30-16-20)32-11-13-33(14-12-32)39(2,35)36/h3-10,15-16,27H,11-14,17-18H2,1-2H3. The van der Waals surface area contributed by atoms with Gasteiger partial charge in [-0.15, -0.1) is 0 Å². The number of sulfonamides is 1. The molecule has 2 aromatic heterocycles. The first-order valence-electron chi connectivity index (χ1n) is 12.4. The third-order valence-corrected chi connectivity index (χ3v) is 8.03. The molecule has 1 aliphatic heterocycles. The predicted octanol–water partition coefficient (Wildman–Crippen LogP) is 3.98. The van der Waals surface area contributed by atoms with E-state index in [4.69, 9.17) is 14.5 Å². The summed E-state index contributed by atoms with van der Waals surface area (Å²) in [7, 11) is -1.61. The number of nitrogens with zero attached hydrogens (tertiary/aromatic N) is 5. The molecule has 4 aromatic rings. The summed E-state index contributed by atoms with van der Waals surface area (Å²) in [5.74, 6) is 1.57. The predicted molar refractivity (Wildman–Crippen MR) is 144 cm³/mol. The molecule has 0 N–H and O–H groups in total. The summed E-state index contributed by atoms with van der Waals surface area (Å²) in [4.78, 5) is 11.4. The first-order chi connectivity index (χ1) is 18.7. The molecule has 1 saturated heterocycles. The summed E-state index contributed by atoms with van der Waals surface area (Å²) in [5, 5.41) is 0. The highest BCUT2D eigenvalue weighted by molar-refractivity contribution is 7.88. The maximum Gasteiger partial charge on any atom is 0.387 e. The van der Waals surface area contributed by atoms with Gasteiger partial charge < -0.3 is 18.9 Å². The normalized spacial score (nSPS) is 14.8. The van der Waals surface area contributed by atoms with E-state index in [0.29, 0.717) is 37.6 Å². The van der Waals surface area contributed by atoms with Gasteiger partial charge in [0.2, 0.25) is 10.0 Å². The van der Waals surface area contributed by atoms with Crippen LogP contribution in [0.2, 0.25) is 0 Å². The third kappa shape index (κ3) is 6.02. The van der Waals surface area contributed by atoms with Gasteiger partial charge >= 0.3 is 6.61 Å². The number of alkyl halides is 2. The van der Waals surface area contributed by atoms with E-state index in [9.17, 15) is 17.2 Å². The summed E-state index contributed by atoms with van der Waals surface area (Å²) in [6, 6.07) is 16.5. The van der Waals surface area contributed by atoms with Crippen LogP contribution in [-0.2, 0) is 27.9 Å². The van der Waals surface area contributed by atoms with Gasteiger partial charge in [0.15, 0.2) is 0 Å². The topological polar surface area (TPSA) is 89.8 Å². The fourth-order valence-corrected chi connectivity index (χ4v) is 5.60. The number of para-hydroxylation sites is 1. The maximum atomic E-state index is 13.0. The van der Waals surface area contributed by atoms with Gasteiger partial charge in [-0.3, -0.25) is 0 Å². The Kier molecular flexibility index (Phi) is 7.78. The Morgan fingerprint density at radius 3 is 2.41 bits per heavy atom. The van der Waals surface area contributed by atoms with Crippen molar-refractivity contribution >= 4 is 26.9 Å². The molecular weight excluding hydrogens is 528 g/mol. The molecule has 0 aliphatic carbocycles. The van der Waals surface area contributed by atoms with Crippen molar-refractivity contribution in [2.24, 2.45) is 0 Å². The highest BCUT2D eigenvalue weighted by Gasteiger charge is 2.24. The van der Waals surface area contributed by atoms with Crippen LogP contribution in [0.4, 0.5) is 14.6 Å². The molecule has 5 rings (SSSR count). The van der Waals surface area contributed by atoms with Crippen LogP contribution in [0, 0.1) is 0 Å². The molecule has 0 saturated carbocycles. The first kappa shape index (κ1) is 27.0. The van der Waals surface area contributed by atoms with Gasteiger partial charge in [-0.05, 0) is 35.9 Å². The van der Waals surface area contributed by atoms with Crippen molar-refractivity contribution in [1.82, 2.24) is 18.8 Å². The Labute approximate surface area is 225 Å². The van der Waals surface area contributed by atoms with Gasteiger partial charge in [-0.1, -0.05) is 24.3 Å². The molecule has 12 heteroatoms. The number of piperazine rings is 1. The Morgan fingerprint density at radius 2 is 1.74 bits per heavy atom. The van der Waals surface area contributed by atoms with Gasteiger partial charge in [-0.25, -0.2) is 18.4 Å². The second-order valence-corrected chi connectivity index (χ2v) is 11.3. The molecule has 0 amide bonds. The van der Waals surface area contributed by atoms with Crippen LogP contribution in [0.25, 0.3) is 22.2 Å². The van der Waals surface area contributed by atoms with E-state index in [1.54, 1.807) is 31.5 Å². The Morgan fingerprint density at radius 1 is 1.00 bits per heavy atom. The van der Waals surface area contributed by atoms with Gasteiger partial charge in [0, 0.05) is 50.6 Å². The largest absolute Gasteiger partial charge is 0.434 e. The summed E-state index contributed by atoms with van der Waals surface area (Å²) < 4.78 is 63.1. The average molecular weight is 558 g/mol. The van der Waals surface area contributed by atoms with Crippen LogP contribution in [-0.4, -0.2) is 73.4 Å². The lowest BCUT2D eigenvalue weighted by molar-refractivity contribution is -0.0504. The molecular formula is C27H29F2N5O4S. The molecule has 3 heterocycles. The number of methoxy groups -OCH3 is 1. The van der Waals surface area contributed by atoms with Gasteiger partial charge in [0.1, 0.15) is 24.0 Å². The summed E-state index contributed by atoms with van der Waals surface area (Å²) in [5.41, 5.74) is 4.00. The molecule has 39 heavy (non-hydrogen) atoms. The minimum Gasteiger partial charge on any atom is -0.434 e. The van der Waals surface area contributed by atoms with Crippen molar-refractivity contribution in [1.29, 1.82) is 0 Å². The van der Waals surface area contributed by atoms with Crippen molar-refractivity contribution < 1.29 is 26.7 Å². The van der Waals surface area contributed by atoms with Crippen LogP contribution >= 0.6 is 0 Å². The van der Waals surface area contributed by atoms with E-state index in [1.165, 1.54) is 16.6 Å². The number of benzene rings is 2. The monoisotopic (exact) mass is 557 g/mol. The number of pyridine rings is 1. The van der Waals surface area contributed by atoms with Gasteiger partial charge in [0.05, 0.1) is 23.8 Å². The quantitative estimate of drug-likeness (QED) is 0.308. The second kappa shape index (κ2) is 11.2. The van der Waals surface area contributed by atoms with E-state index in [-0.39, 0.29) is 18.9 Å². The molecule has 0 unspecified atom stereocenters. The second-order valence-electron chi connectivity index (χ2n) is 9.29. The molecule has 9 nitrogen and oxygen atoms in total. The zero-order valence-corrected chi connectivity index (χ0v) is 22.4. The van der Waals surface area contributed by atoms with Crippen molar-refractivity contribution in [3.8, 4) is 16.9 Å². The van der Waals surface area contributed by atoms with E-state index >= 15 is 0 Å². The highest BCUT2D eigenvalue weighted by atomic mass is 32.2. The molecule has 206 valence electrons. The zero-order valence-electron chi connectivity index (χ0n) is 21.6. The minimum absolute atomic E-state index is 0.117. The lowest BCUT2D eigenvalue weighted by atomic mass is 10.1. The van der Waals surface area contributed by atoms with Crippen LogP contribution in [0.15, 0.2) is 60.8 Å². The lowest BCUT2D eigenvalue weighted by Gasteiger charge is -2.34. The minimum atomic E-state index is -3.19. The van der Waals surface area contributed by atoms with Crippen molar-refractivity contribution in [2.75, 3.05) is 44.4 Å². The smallest absolute Gasteiger partial charge is 0.387 e. The number of halogens is 2. The summed E-state index contributed by atoms with van der Waals surface area (Å²) in [6.45, 7) is -0.387. The number of hydrogen-bond acceptors (Lipinski definition) is 7. The number of anilines is 1. The van der Waals surface area contributed by atoms with Crippen LogP contribution in [0.5, 0.6) is 5.75 Å². The Balaban J connectivity index is 1.42. The molecule has 0 radical (unpaired) electrons. The fourth-order valence-electron chi connectivity index (χ4n) is 4.78. The zero-order chi connectivity index (χ0) is 27.6. The van der Waals surface area contributed by atoms with Gasteiger partial charge in [-0.2, -0.15) is 13.1 Å². The van der Waals surface area contributed by atoms with E-state index < -0.39 is 16.6 Å². The van der Waals surface area contributed by atoms with Gasteiger partial charge in [0.25, 0.3) is 0 Å². The third-order valence-electron chi connectivity index (χ3n) is 6.73. The van der Waals surface area contributed by atoms with Crippen LogP contribution < -0.4 is 9.64 Å². The molecule has 2 aromatic carbocycles. The SMILES string of the molecule is COCc1nc2ccc(-c3ccc(N4CCN(S(C)(=O)=O)CC4)nc3)cc2n1Cc1ccccc1OC(F)F. The van der Waals surface area contributed by atoms with Crippen molar-refractivity contribution in [3.05, 3.63) is 72.2 Å². The van der Waals surface area contributed by atoms with E-state index in [1.807, 2.05) is 34.9 Å². The van der Waals surface area contributed by atoms with E-state index in [2.05, 4.69) is 9.88 Å². The Hall–Kier alpha value is -3.61. The fraction of sp³-hybridized carbons (Fsp3) is 0.333. The number of aromatic nitrogens is 3. The van der Waals surface area contributed by atoms with Crippen LogP contribution in [0.1, 0.15) is 11.4 Å². The van der Waals surface area contributed by atoms with Crippen molar-refractivity contribution in [2.45, 2.75) is 19.8 Å². The van der Waals surface area contributed by atoms with Crippen LogP contribution in [0.3, 0.4) is 0 Å². The number of fused-ring (bicyclic) bond motifs is 1. The molecule has 1 aliphatic rings. The van der Waals surface area contributed by atoms with Crippen molar-refractivity contribution in [3.63, 3.8) is 0 Å². The first-order valence-corrected chi connectivity index (χ1v) is 14.2. The maximum absolute atomic E-state index is 13.0. The lowest BCUT2D eigenvalue weighted by Crippen LogP contribution is -2.48. The highest BCUT2D eigenvalue weighted by Crippen LogP contribution is 2.29. The molecule has 0 spiro atoms. The number of hydrogen-bond donors (Lipinski definition) is 0. The average Bonchev–Trinajstić information content (AvgIpc) is 3.25. The Bertz CT molecular complexity index is 1550. The molecule has 1 fully saturated rings. The summed E-state index contributed by atoms with van der Waals surface area (Å²) >= 11 is 0. The number of ether oxygens (including phenoxy) is 2. The molecule has 0 atom stereocenters.